The van der Waals surface area contributed by atoms with Crippen LogP contribution in [0.25, 0.3) is 0 Å². The van der Waals surface area contributed by atoms with Gasteiger partial charge in [-0.1, -0.05) is 41.5 Å². The van der Waals surface area contributed by atoms with Gasteiger partial charge in [-0.05, 0) is 24.7 Å². The number of hydrogen-bond acceptors (Lipinski definition) is 2. The van der Waals surface area contributed by atoms with E-state index in [9.17, 15) is 4.79 Å². The van der Waals surface area contributed by atoms with Crippen LogP contribution in [0.2, 0.25) is 0 Å². The van der Waals surface area contributed by atoms with Gasteiger partial charge < -0.3 is 11.5 Å². The first-order chi connectivity index (χ1) is 8.43. The van der Waals surface area contributed by atoms with E-state index in [2.05, 4.69) is 25.8 Å². The highest BCUT2D eigenvalue weighted by Crippen LogP contribution is 2.32. The van der Waals surface area contributed by atoms with Crippen LogP contribution in [0.4, 0.5) is 0 Å². The molecule has 0 rings (SSSR count). The highest BCUT2D eigenvalue weighted by atomic mass is 16.1. The van der Waals surface area contributed by atoms with Crippen LogP contribution < -0.4 is 11.5 Å². The number of rotatable bonds is 6. The van der Waals surface area contributed by atoms with Crippen LogP contribution in [0.1, 0.15) is 60.8 Å². The maximum absolute atomic E-state index is 12.5. The molecular formula is C15H31N3O. The molecule has 0 fully saturated rings. The predicted octanol–water partition coefficient (Wildman–Crippen LogP) is 2.71. The fourth-order valence-electron chi connectivity index (χ4n) is 2.22. The van der Waals surface area contributed by atoms with Gasteiger partial charge in [0.1, 0.15) is 5.78 Å². The summed E-state index contributed by atoms with van der Waals surface area (Å²) in [5.74, 6) is 0.552. The normalized spacial score (nSPS) is 14.0. The summed E-state index contributed by atoms with van der Waals surface area (Å²) in [5, 5.41) is 0. The number of carbonyl (C=O) groups is 1. The molecule has 19 heavy (non-hydrogen) atoms. The van der Waals surface area contributed by atoms with E-state index in [1.807, 2.05) is 20.8 Å². The zero-order valence-electron chi connectivity index (χ0n) is 13.4. The molecule has 0 saturated heterocycles. The van der Waals surface area contributed by atoms with Gasteiger partial charge in [0.25, 0.3) is 0 Å². The van der Waals surface area contributed by atoms with Crippen LogP contribution in [0.3, 0.4) is 0 Å². The second-order valence-corrected chi connectivity index (χ2v) is 7.52. The van der Waals surface area contributed by atoms with Gasteiger partial charge in [-0.25, -0.2) is 0 Å². The minimum atomic E-state index is -0.286. The summed E-state index contributed by atoms with van der Waals surface area (Å²) in [6.45, 7) is 13.1. The molecule has 4 nitrogen and oxygen atoms in total. The van der Waals surface area contributed by atoms with Gasteiger partial charge >= 0.3 is 0 Å². The highest BCUT2D eigenvalue weighted by Gasteiger charge is 2.31. The maximum Gasteiger partial charge on any atom is 0.185 e. The molecule has 0 bridgehead atoms. The SMILES string of the molecule is CC(C)(C)C[C@H](CCCN=C(N)N)C(=O)C(C)(C)C. The average Bonchev–Trinajstić information content (AvgIpc) is 2.18. The highest BCUT2D eigenvalue weighted by molar-refractivity contribution is 5.86. The third-order valence-corrected chi connectivity index (χ3v) is 2.97. The minimum absolute atomic E-state index is 0.0919. The summed E-state index contributed by atoms with van der Waals surface area (Å²) >= 11 is 0. The van der Waals surface area contributed by atoms with Crippen molar-refractivity contribution in [1.29, 1.82) is 0 Å². The Kier molecular flexibility index (Phi) is 6.53. The lowest BCUT2D eigenvalue weighted by molar-refractivity contribution is -0.131. The number of ketones is 1. The van der Waals surface area contributed by atoms with E-state index >= 15 is 0 Å². The van der Waals surface area contributed by atoms with Crippen molar-refractivity contribution in [3.05, 3.63) is 0 Å². The fraction of sp³-hybridized carbons (Fsp3) is 0.867. The molecule has 4 N–H and O–H groups in total. The molecule has 0 aromatic rings. The molecular weight excluding hydrogens is 238 g/mol. The molecule has 0 amide bonds. The molecule has 0 spiro atoms. The number of Topliss-reactive ketones (excluding diaryl/α,β-unsaturated/α-hetero) is 1. The Hall–Kier alpha value is -1.06. The quantitative estimate of drug-likeness (QED) is 0.442. The first-order valence-electron chi connectivity index (χ1n) is 7.03. The van der Waals surface area contributed by atoms with Gasteiger partial charge in [0, 0.05) is 17.9 Å². The van der Waals surface area contributed by atoms with Gasteiger partial charge in [-0.15, -0.1) is 0 Å². The number of aliphatic imine (C=N–C) groups is 1. The fourth-order valence-corrected chi connectivity index (χ4v) is 2.22. The Morgan fingerprint density at radius 2 is 1.63 bits per heavy atom. The lowest BCUT2D eigenvalue weighted by Gasteiger charge is -2.29. The molecule has 0 aliphatic carbocycles. The van der Waals surface area contributed by atoms with E-state index in [1.165, 1.54) is 0 Å². The lowest BCUT2D eigenvalue weighted by atomic mass is 9.74. The van der Waals surface area contributed by atoms with Crippen molar-refractivity contribution in [2.24, 2.45) is 33.2 Å². The Bertz CT molecular complexity index is 317. The van der Waals surface area contributed by atoms with Crippen molar-refractivity contribution in [3.63, 3.8) is 0 Å². The molecule has 0 aromatic heterocycles. The van der Waals surface area contributed by atoms with E-state index in [1.54, 1.807) is 0 Å². The summed E-state index contributed by atoms with van der Waals surface area (Å²) < 4.78 is 0. The average molecular weight is 269 g/mol. The Balaban J connectivity index is 4.61. The summed E-state index contributed by atoms with van der Waals surface area (Å²) in [6.07, 6.45) is 2.61. The summed E-state index contributed by atoms with van der Waals surface area (Å²) in [7, 11) is 0. The zero-order valence-corrected chi connectivity index (χ0v) is 13.4. The molecule has 0 saturated carbocycles. The first kappa shape index (κ1) is 17.9. The zero-order chi connectivity index (χ0) is 15.3. The van der Waals surface area contributed by atoms with E-state index in [-0.39, 0.29) is 22.7 Å². The number of guanidine groups is 1. The molecule has 1 atom stereocenters. The lowest BCUT2D eigenvalue weighted by Crippen LogP contribution is -2.31. The van der Waals surface area contributed by atoms with Crippen molar-refractivity contribution in [2.75, 3.05) is 6.54 Å². The molecule has 0 aliphatic heterocycles. The maximum atomic E-state index is 12.5. The standard InChI is InChI=1S/C15H31N3O/c1-14(2,3)10-11(12(19)15(4,5)6)8-7-9-18-13(16)17/h11H,7-10H2,1-6H3,(H4,16,17,18)/t11-/m0/s1. The Morgan fingerprint density at radius 1 is 1.11 bits per heavy atom. The minimum Gasteiger partial charge on any atom is -0.370 e. The van der Waals surface area contributed by atoms with Crippen LogP contribution in [-0.2, 0) is 4.79 Å². The second-order valence-electron chi connectivity index (χ2n) is 7.52. The third kappa shape index (κ3) is 8.62. The van der Waals surface area contributed by atoms with Gasteiger partial charge in [0.15, 0.2) is 5.96 Å². The van der Waals surface area contributed by atoms with Gasteiger partial charge in [0.05, 0.1) is 0 Å². The summed E-state index contributed by atoms with van der Waals surface area (Å²) in [6, 6.07) is 0. The van der Waals surface area contributed by atoms with Crippen LogP contribution >= 0.6 is 0 Å². The number of nitrogens with two attached hydrogens (primary N) is 2. The van der Waals surface area contributed by atoms with Crippen molar-refractivity contribution in [1.82, 2.24) is 0 Å². The van der Waals surface area contributed by atoms with Crippen LogP contribution in [0.15, 0.2) is 4.99 Å². The molecule has 4 heteroatoms. The predicted molar refractivity (Wildman–Crippen MR) is 81.9 cm³/mol. The van der Waals surface area contributed by atoms with Gasteiger partial charge in [-0.3, -0.25) is 9.79 Å². The number of nitrogens with zero attached hydrogens (tertiary/aromatic N) is 1. The monoisotopic (exact) mass is 269 g/mol. The van der Waals surface area contributed by atoms with Crippen LogP contribution in [-0.4, -0.2) is 18.3 Å². The largest absolute Gasteiger partial charge is 0.370 e. The number of hydrogen-bond donors (Lipinski definition) is 2. The first-order valence-corrected chi connectivity index (χ1v) is 7.03. The van der Waals surface area contributed by atoms with E-state index in [0.29, 0.717) is 12.3 Å². The molecule has 112 valence electrons. The topological polar surface area (TPSA) is 81.5 Å². The smallest absolute Gasteiger partial charge is 0.185 e. The van der Waals surface area contributed by atoms with E-state index in [4.69, 9.17) is 11.5 Å². The molecule has 0 unspecified atom stereocenters. The van der Waals surface area contributed by atoms with Crippen LogP contribution in [0.5, 0.6) is 0 Å². The van der Waals surface area contributed by atoms with Crippen molar-refractivity contribution in [3.8, 4) is 0 Å². The molecule has 0 aromatic carbocycles. The van der Waals surface area contributed by atoms with Gasteiger partial charge in [-0.2, -0.15) is 0 Å². The molecule has 0 heterocycles. The van der Waals surface area contributed by atoms with Crippen molar-refractivity contribution >= 4 is 11.7 Å². The van der Waals surface area contributed by atoms with Crippen LogP contribution in [0, 0.1) is 16.7 Å². The Labute approximate surface area is 118 Å². The summed E-state index contributed by atoms with van der Waals surface area (Å²) in [5.41, 5.74) is 10.5. The third-order valence-electron chi connectivity index (χ3n) is 2.97. The van der Waals surface area contributed by atoms with E-state index < -0.39 is 0 Å². The van der Waals surface area contributed by atoms with Crippen molar-refractivity contribution in [2.45, 2.75) is 60.8 Å². The molecule has 0 radical (unpaired) electrons. The second kappa shape index (κ2) is 6.92. The Morgan fingerprint density at radius 3 is 2.00 bits per heavy atom. The molecule has 0 aliphatic rings. The number of carbonyl (C=O) groups excluding carboxylic acids is 1. The summed E-state index contributed by atoms with van der Waals surface area (Å²) in [4.78, 5) is 16.5. The van der Waals surface area contributed by atoms with Gasteiger partial charge in [0.2, 0.25) is 0 Å². The van der Waals surface area contributed by atoms with E-state index in [0.717, 1.165) is 19.3 Å². The van der Waals surface area contributed by atoms with Crippen molar-refractivity contribution < 1.29 is 4.79 Å².